The van der Waals surface area contributed by atoms with Gasteiger partial charge in [0.2, 0.25) is 0 Å². The van der Waals surface area contributed by atoms with Crippen LogP contribution in [0.3, 0.4) is 0 Å². The molecule has 0 aliphatic rings. The number of benzene rings is 2. The third-order valence-corrected chi connectivity index (χ3v) is 3.48. The number of hydrogen-bond acceptors (Lipinski definition) is 2. The molecule has 2 nitrogen and oxygen atoms in total. The van der Waals surface area contributed by atoms with E-state index >= 15 is 0 Å². The summed E-state index contributed by atoms with van der Waals surface area (Å²) >= 11 is 0. The molecule has 0 N–H and O–H groups in total. The molecule has 0 aromatic heterocycles. The summed E-state index contributed by atoms with van der Waals surface area (Å²) in [6.45, 7) is 4.56. The number of ether oxygens (including phenoxy) is 1. The van der Waals surface area contributed by atoms with Crippen molar-refractivity contribution in [1.29, 1.82) is 5.26 Å². The summed E-state index contributed by atoms with van der Waals surface area (Å²) in [6.07, 6.45) is 1.72. The predicted octanol–water partition coefficient (Wildman–Crippen LogP) is 5.06. The van der Waals surface area contributed by atoms with Gasteiger partial charge in [-0.15, -0.1) is 0 Å². The van der Waals surface area contributed by atoms with Gasteiger partial charge in [0.1, 0.15) is 5.75 Å². The van der Waals surface area contributed by atoms with Crippen LogP contribution in [0.2, 0.25) is 0 Å². The number of rotatable bonds is 6. The molecule has 2 aromatic carbocycles. The maximum Gasteiger partial charge on any atom is 0.127 e. The predicted molar refractivity (Wildman–Crippen MR) is 86.0 cm³/mol. The van der Waals surface area contributed by atoms with Crippen molar-refractivity contribution in [3.63, 3.8) is 0 Å². The van der Waals surface area contributed by atoms with Crippen LogP contribution in [0.15, 0.2) is 54.6 Å². The molecule has 108 valence electrons. The van der Waals surface area contributed by atoms with E-state index in [1.165, 1.54) is 0 Å². The fraction of sp³-hybridized carbons (Fsp3) is 0.316. The van der Waals surface area contributed by atoms with Crippen molar-refractivity contribution in [2.24, 2.45) is 5.41 Å². The lowest BCUT2D eigenvalue weighted by molar-refractivity contribution is 0.285. The summed E-state index contributed by atoms with van der Waals surface area (Å²) in [4.78, 5) is 0. The Bertz CT molecular complexity index is 611. The van der Waals surface area contributed by atoms with Crippen molar-refractivity contribution < 1.29 is 4.74 Å². The van der Waals surface area contributed by atoms with Crippen molar-refractivity contribution >= 4 is 0 Å². The molecule has 0 unspecified atom stereocenters. The third kappa shape index (κ3) is 4.36. The second kappa shape index (κ2) is 6.95. The lowest BCUT2D eigenvalue weighted by Gasteiger charge is -2.16. The van der Waals surface area contributed by atoms with Crippen LogP contribution in [0.1, 0.15) is 26.7 Å². The third-order valence-electron chi connectivity index (χ3n) is 3.48. The lowest BCUT2D eigenvalue weighted by Crippen LogP contribution is -2.10. The highest BCUT2D eigenvalue weighted by molar-refractivity contribution is 5.70. The van der Waals surface area contributed by atoms with E-state index in [1.54, 1.807) is 0 Å². The first kappa shape index (κ1) is 15.1. The van der Waals surface area contributed by atoms with Gasteiger partial charge >= 0.3 is 0 Å². The second-order valence-corrected chi connectivity index (χ2v) is 5.81. The van der Waals surface area contributed by atoms with Crippen molar-refractivity contribution in [1.82, 2.24) is 0 Å². The molecule has 2 heteroatoms. The van der Waals surface area contributed by atoms with E-state index in [-0.39, 0.29) is 5.41 Å². The Hall–Kier alpha value is -2.27. The zero-order chi connectivity index (χ0) is 15.1. The van der Waals surface area contributed by atoms with Crippen LogP contribution in [0.5, 0.6) is 5.75 Å². The molecular weight excluding hydrogens is 258 g/mol. The molecule has 0 radical (unpaired) electrons. The highest BCUT2D eigenvalue weighted by Gasteiger charge is 2.15. The summed E-state index contributed by atoms with van der Waals surface area (Å²) in [7, 11) is 0. The van der Waals surface area contributed by atoms with Gasteiger partial charge in [-0.3, -0.25) is 0 Å². The van der Waals surface area contributed by atoms with Gasteiger partial charge in [0.15, 0.2) is 0 Å². The molecule has 0 aliphatic heterocycles. The molecule has 0 bridgehead atoms. The molecule has 0 fully saturated rings. The molecule has 0 saturated heterocycles. The first-order valence-corrected chi connectivity index (χ1v) is 7.31. The maximum absolute atomic E-state index is 9.01. The average Bonchev–Trinajstić information content (AvgIpc) is 2.53. The fourth-order valence-corrected chi connectivity index (χ4v) is 2.20. The Morgan fingerprint density at radius 2 is 1.67 bits per heavy atom. The van der Waals surface area contributed by atoms with Gasteiger partial charge in [-0.2, -0.15) is 5.26 Å². The van der Waals surface area contributed by atoms with Crippen molar-refractivity contribution in [2.75, 3.05) is 6.61 Å². The number of para-hydroxylation sites is 1. The minimum absolute atomic E-state index is 0.275. The van der Waals surface area contributed by atoms with E-state index in [2.05, 4.69) is 24.3 Å². The minimum atomic E-state index is -0.275. The minimum Gasteiger partial charge on any atom is -0.493 e. The summed E-state index contributed by atoms with van der Waals surface area (Å²) in [5.74, 6) is 0.901. The summed E-state index contributed by atoms with van der Waals surface area (Å²) in [6, 6.07) is 20.6. The van der Waals surface area contributed by atoms with Crippen molar-refractivity contribution in [3.8, 4) is 22.9 Å². The normalized spacial score (nSPS) is 10.9. The topological polar surface area (TPSA) is 33.0 Å². The molecule has 0 spiro atoms. The summed E-state index contributed by atoms with van der Waals surface area (Å²) in [5, 5.41) is 9.01. The zero-order valence-electron chi connectivity index (χ0n) is 12.7. The quantitative estimate of drug-likeness (QED) is 0.692. The van der Waals surface area contributed by atoms with Crippen LogP contribution in [0, 0.1) is 16.7 Å². The number of nitrogens with zero attached hydrogens (tertiary/aromatic N) is 1. The standard InChI is InChI=1S/C19H21NO/c1-19(2,15-20)13-8-14-21-18-12-7-6-11-17(18)16-9-4-3-5-10-16/h3-7,9-12H,8,13-14H2,1-2H3. The van der Waals surface area contributed by atoms with Crippen LogP contribution in [-0.2, 0) is 0 Å². The number of hydrogen-bond donors (Lipinski definition) is 0. The number of nitriles is 1. The van der Waals surface area contributed by atoms with E-state index in [1.807, 2.05) is 50.2 Å². The van der Waals surface area contributed by atoms with Crippen LogP contribution >= 0.6 is 0 Å². The van der Waals surface area contributed by atoms with Crippen LogP contribution in [0.4, 0.5) is 0 Å². The smallest absolute Gasteiger partial charge is 0.127 e. The first-order valence-electron chi connectivity index (χ1n) is 7.31. The van der Waals surface area contributed by atoms with E-state index in [9.17, 15) is 0 Å². The first-order chi connectivity index (χ1) is 10.1. The Kier molecular flexibility index (Phi) is 5.00. The molecular formula is C19H21NO. The van der Waals surface area contributed by atoms with Crippen molar-refractivity contribution in [2.45, 2.75) is 26.7 Å². The molecule has 0 atom stereocenters. The van der Waals surface area contributed by atoms with Gasteiger partial charge in [-0.1, -0.05) is 48.5 Å². The zero-order valence-corrected chi connectivity index (χ0v) is 12.7. The van der Waals surface area contributed by atoms with E-state index < -0.39 is 0 Å². The van der Waals surface area contributed by atoms with Gasteiger partial charge < -0.3 is 4.74 Å². The Morgan fingerprint density at radius 3 is 2.38 bits per heavy atom. The largest absolute Gasteiger partial charge is 0.493 e. The van der Waals surface area contributed by atoms with E-state index in [0.29, 0.717) is 6.61 Å². The summed E-state index contributed by atoms with van der Waals surface area (Å²) in [5.41, 5.74) is 1.99. The average molecular weight is 279 g/mol. The van der Waals surface area contributed by atoms with Gasteiger partial charge in [-0.05, 0) is 38.3 Å². The van der Waals surface area contributed by atoms with Crippen LogP contribution in [-0.4, -0.2) is 6.61 Å². The Balaban J connectivity index is 2.00. The highest BCUT2D eigenvalue weighted by atomic mass is 16.5. The van der Waals surface area contributed by atoms with E-state index in [4.69, 9.17) is 10.00 Å². The van der Waals surface area contributed by atoms with Gasteiger partial charge in [0.05, 0.1) is 18.1 Å². The van der Waals surface area contributed by atoms with Gasteiger partial charge in [0.25, 0.3) is 0 Å². The molecule has 0 saturated carbocycles. The van der Waals surface area contributed by atoms with Gasteiger partial charge in [0, 0.05) is 5.56 Å². The highest BCUT2D eigenvalue weighted by Crippen LogP contribution is 2.30. The van der Waals surface area contributed by atoms with Crippen LogP contribution < -0.4 is 4.74 Å². The van der Waals surface area contributed by atoms with E-state index in [0.717, 1.165) is 29.7 Å². The Labute approximate surface area is 127 Å². The van der Waals surface area contributed by atoms with Crippen LogP contribution in [0.25, 0.3) is 11.1 Å². The molecule has 0 heterocycles. The molecule has 0 aliphatic carbocycles. The summed E-state index contributed by atoms with van der Waals surface area (Å²) < 4.78 is 5.92. The molecule has 2 aromatic rings. The SMILES string of the molecule is CC(C)(C#N)CCCOc1ccccc1-c1ccccc1. The lowest BCUT2D eigenvalue weighted by atomic mass is 9.90. The Morgan fingerprint density at radius 1 is 1.00 bits per heavy atom. The monoisotopic (exact) mass is 279 g/mol. The molecule has 0 amide bonds. The fourth-order valence-electron chi connectivity index (χ4n) is 2.20. The second-order valence-electron chi connectivity index (χ2n) is 5.81. The van der Waals surface area contributed by atoms with Crippen molar-refractivity contribution in [3.05, 3.63) is 54.6 Å². The molecule has 21 heavy (non-hydrogen) atoms. The molecule has 2 rings (SSSR count). The maximum atomic E-state index is 9.01. The van der Waals surface area contributed by atoms with Gasteiger partial charge in [-0.25, -0.2) is 0 Å².